The summed E-state index contributed by atoms with van der Waals surface area (Å²) in [4.78, 5) is 11.2. The smallest absolute Gasteiger partial charge is 0.325 e. The van der Waals surface area contributed by atoms with Crippen molar-refractivity contribution in [2.45, 2.75) is 25.0 Å². The lowest BCUT2D eigenvalue weighted by Gasteiger charge is -2.19. The molecule has 1 rings (SSSR count). The minimum absolute atomic E-state index is 0.0116. The number of hydrogen-bond acceptors (Lipinski definition) is 4. The average molecular weight is 173 g/mol. The molecule has 1 N–H and O–H groups in total. The molecule has 1 saturated heterocycles. The molecule has 0 aliphatic carbocycles. The molecule has 2 unspecified atom stereocenters. The van der Waals surface area contributed by atoms with Crippen LogP contribution in [-0.2, 0) is 14.3 Å². The Morgan fingerprint density at radius 1 is 1.75 bits per heavy atom. The van der Waals surface area contributed by atoms with Crippen molar-refractivity contribution in [3.05, 3.63) is 0 Å². The monoisotopic (exact) mass is 173 g/mol. The van der Waals surface area contributed by atoms with Gasteiger partial charge in [0, 0.05) is 6.61 Å². The van der Waals surface area contributed by atoms with Crippen molar-refractivity contribution in [2.75, 3.05) is 20.8 Å². The van der Waals surface area contributed by atoms with Gasteiger partial charge in [-0.2, -0.15) is 0 Å². The first-order chi connectivity index (χ1) is 5.79. The van der Waals surface area contributed by atoms with Crippen LogP contribution in [0.15, 0.2) is 0 Å². The van der Waals surface area contributed by atoms with Gasteiger partial charge in [-0.1, -0.05) is 0 Å². The topological polar surface area (TPSA) is 47.6 Å². The summed E-state index contributed by atoms with van der Waals surface area (Å²) in [6.07, 6.45) is 1.95. The highest BCUT2D eigenvalue weighted by atomic mass is 16.5. The number of nitrogens with one attached hydrogen (secondary N) is 1. The Labute approximate surface area is 72.2 Å². The first-order valence-electron chi connectivity index (χ1n) is 4.16. The van der Waals surface area contributed by atoms with Crippen LogP contribution < -0.4 is 5.32 Å². The van der Waals surface area contributed by atoms with E-state index in [1.54, 1.807) is 7.05 Å². The SMILES string of the molecule is CNC(C(=O)OC)C1CCCO1. The van der Waals surface area contributed by atoms with Crippen molar-refractivity contribution in [3.8, 4) is 0 Å². The second kappa shape index (κ2) is 4.42. The van der Waals surface area contributed by atoms with Gasteiger partial charge in [-0.3, -0.25) is 4.79 Å². The van der Waals surface area contributed by atoms with Gasteiger partial charge in [-0.15, -0.1) is 0 Å². The average Bonchev–Trinajstić information content (AvgIpc) is 2.58. The molecule has 0 radical (unpaired) electrons. The van der Waals surface area contributed by atoms with E-state index < -0.39 is 0 Å². The highest BCUT2D eigenvalue weighted by molar-refractivity contribution is 5.76. The Morgan fingerprint density at radius 2 is 2.50 bits per heavy atom. The zero-order valence-corrected chi connectivity index (χ0v) is 7.50. The van der Waals surface area contributed by atoms with E-state index in [4.69, 9.17) is 4.74 Å². The van der Waals surface area contributed by atoms with Crippen LogP contribution in [0.2, 0.25) is 0 Å². The zero-order valence-electron chi connectivity index (χ0n) is 7.50. The summed E-state index contributed by atoms with van der Waals surface area (Å²) in [6.45, 7) is 0.750. The molecule has 0 bridgehead atoms. The quantitative estimate of drug-likeness (QED) is 0.607. The van der Waals surface area contributed by atoms with E-state index >= 15 is 0 Å². The Morgan fingerprint density at radius 3 is 2.92 bits per heavy atom. The van der Waals surface area contributed by atoms with Gasteiger partial charge in [0.1, 0.15) is 6.04 Å². The first-order valence-corrected chi connectivity index (χ1v) is 4.16. The molecular weight excluding hydrogens is 158 g/mol. The molecular formula is C8H15NO3. The fourth-order valence-electron chi connectivity index (χ4n) is 1.45. The number of ether oxygens (including phenoxy) is 2. The molecule has 0 amide bonds. The third-order valence-corrected chi connectivity index (χ3v) is 2.10. The van der Waals surface area contributed by atoms with Crippen molar-refractivity contribution in [1.82, 2.24) is 5.32 Å². The Hall–Kier alpha value is -0.610. The molecule has 1 heterocycles. The van der Waals surface area contributed by atoms with Crippen LogP contribution >= 0.6 is 0 Å². The van der Waals surface area contributed by atoms with Gasteiger partial charge in [0.05, 0.1) is 13.2 Å². The molecule has 2 atom stereocenters. The number of methoxy groups -OCH3 is 1. The van der Waals surface area contributed by atoms with Gasteiger partial charge in [-0.25, -0.2) is 0 Å². The molecule has 1 aliphatic heterocycles. The third kappa shape index (κ3) is 1.95. The van der Waals surface area contributed by atoms with Crippen molar-refractivity contribution in [3.63, 3.8) is 0 Å². The number of esters is 1. The van der Waals surface area contributed by atoms with Gasteiger partial charge >= 0.3 is 5.97 Å². The van der Waals surface area contributed by atoms with Crippen LogP contribution in [0.25, 0.3) is 0 Å². The summed E-state index contributed by atoms with van der Waals surface area (Å²) in [6, 6.07) is -0.308. The number of hydrogen-bond donors (Lipinski definition) is 1. The van der Waals surface area contributed by atoms with E-state index in [0.29, 0.717) is 0 Å². The number of rotatable bonds is 3. The summed E-state index contributed by atoms with van der Waals surface area (Å²) in [5.41, 5.74) is 0. The third-order valence-electron chi connectivity index (χ3n) is 2.10. The summed E-state index contributed by atoms with van der Waals surface area (Å²) >= 11 is 0. The van der Waals surface area contributed by atoms with Crippen LogP contribution in [0.1, 0.15) is 12.8 Å². The molecule has 0 aromatic rings. The molecule has 0 aromatic heterocycles. The predicted molar refractivity (Wildman–Crippen MR) is 43.8 cm³/mol. The Balaban J connectivity index is 2.48. The normalized spacial score (nSPS) is 25.3. The number of carbonyl (C=O) groups is 1. The molecule has 1 fully saturated rings. The maximum atomic E-state index is 11.2. The summed E-state index contributed by atoms with van der Waals surface area (Å²) in [7, 11) is 3.13. The second-order valence-corrected chi connectivity index (χ2v) is 2.84. The van der Waals surface area contributed by atoms with E-state index in [-0.39, 0.29) is 18.1 Å². The van der Waals surface area contributed by atoms with Crippen LogP contribution in [-0.4, -0.2) is 38.9 Å². The zero-order chi connectivity index (χ0) is 8.97. The Bertz CT molecular complexity index is 154. The van der Waals surface area contributed by atoms with Crippen molar-refractivity contribution >= 4 is 5.97 Å². The van der Waals surface area contributed by atoms with Crippen molar-refractivity contribution in [2.24, 2.45) is 0 Å². The van der Waals surface area contributed by atoms with Gasteiger partial charge in [0.15, 0.2) is 0 Å². The molecule has 12 heavy (non-hydrogen) atoms. The van der Waals surface area contributed by atoms with Gasteiger partial charge in [-0.05, 0) is 19.9 Å². The molecule has 70 valence electrons. The highest BCUT2D eigenvalue weighted by Crippen LogP contribution is 2.16. The molecule has 0 saturated carbocycles. The van der Waals surface area contributed by atoms with E-state index in [9.17, 15) is 4.79 Å². The van der Waals surface area contributed by atoms with Crippen LogP contribution in [0, 0.1) is 0 Å². The highest BCUT2D eigenvalue weighted by Gasteiger charge is 2.30. The molecule has 0 spiro atoms. The lowest BCUT2D eigenvalue weighted by molar-refractivity contribution is -0.146. The number of carbonyl (C=O) groups excluding carboxylic acids is 1. The van der Waals surface area contributed by atoms with E-state index in [1.807, 2.05) is 0 Å². The molecule has 4 nitrogen and oxygen atoms in total. The standard InChI is InChI=1S/C8H15NO3/c1-9-7(8(10)11-2)6-4-3-5-12-6/h6-7,9H,3-5H2,1-2H3. The maximum Gasteiger partial charge on any atom is 0.325 e. The fraction of sp³-hybridized carbons (Fsp3) is 0.875. The lowest BCUT2D eigenvalue weighted by atomic mass is 10.1. The van der Waals surface area contributed by atoms with Crippen LogP contribution in [0.4, 0.5) is 0 Å². The lowest BCUT2D eigenvalue weighted by Crippen LogP contribution is -2.44. The van der Waals surface area contributed by atoms with Crippen molar-refractivity contribution in [1.29, 1.82) is 0 Å². The minimum Gasteiger partial charge on any atom is -0.468 e. The van der Waals surface area contributed by atoms with Gasteiger partial charge in [0.25, 0.3) is 0 Å². The number of likely N-dealkylation sites (N-methyl/N-ethyl adjacent to an activating group) is 1. The summed E-state index contributed by atoms with van der Waals surface area (Å²) in [5.74, 6) is -0.246. The second-order valence-electron chi connectivity index (χ2n) is 2.84. The fourth-order valence-corrected chi connectivity index (χ4v) is 1.45. The van der Waals surface area contributed by atoms with E-state index in [2.05, 4.69) is 10.1 Å². The molecule has 0 aromatic carbocycles. The summed E-state index contributed by atoms with van der Waals surface area (Å²) < 4.78 is 10.00. The van der Waals surface area contributed by atoms with Gasteiger partial charge in [0.2, 0.25) is 0 Å². The largest absolute Gasteiger partial charge is 0.468 e. The van der Waals surface area contributed by atoms with Crippen LogP contribution in [0.5, 0.6) is 0 Å². The Kier molecular flexibility index (Phi) is 3.49. The van der Waals surface area contributed by atoms with E-state index in [1.165, 1.54) is 7.11 Å². The predicted octanol–water partition coefficient (Wildman–Crippen LogP) is -0.0736. The molecule has 4 heteroatoms. The van der Waals surface area contributed by atoms with Crippen LogP contribution in [0.3, 0.4) is 0 Å². The minimum atomic E-state index is -0.308. The van der Waals surface area contributed by atoms with E-state index in [0.717, 1.165) is 19.4 Å². The first kappa shape index (κ1) is 9.48. The molecule has 1 aliphatic rings. The van der Waals surface area contributed by atoms with Gasteiger partial charge < -0.3 is 14.8 Å². The summed E-state index contributed by atoms with van der Waals surface area (Å²) in [5, 5.41) is 2.90. The van der Waals surface area contributed by atoms with Crippen molar-refractivity contribution < 1.29 is 14.3 Å². The maximum absolute atomic E-state index is 11.2.